The Morgan fingerprint density at radius 1 is 1.15 bits per heavy atom. The summed E-state index contributed by atoms with van der Waals surface area (Å²) in [6, 6.07) is 9.13. The van der Waals surface area contributed by atoms with Crippen molar-refractivity contribution in [3.05, 3.63) is 68.4 Å². The molecule has 9 heteroatoms. The first-order chi connectivity index (χ1) is 16.3. The molecule has 1 N–H and O–H groups in total. The molecule has 2 saturated heterocycles. The van der Waals surface area contributed by atoms with E-state index in [1.54, 1.807) is 31.3 Å². The zero-order valence-corrected chi connectivity index (χ0v) is 19.8. The third kappa shape index (κ3) is 3.79. The van der Waals surface area contributed by atoms with Gasteiger partial charge in [0.05, 0.1) is 6.54 Å². The highest BCUT2D eigenvalue weighted by Crippen LogP contribution is 2.30. The van der Waals surface area contributed by atoms with Crippen molar-refractivity contribution in [2.75, 3.05) is 24.5 Å². The summed E-state index contributed by atoms with van der Waals surface area (Å²) in [7, 11) is 1.61. The normalized spacial score (nSPS) is 19.6. The fourth-order valence-corrected chi connectivity index (χ4v) is 5.06. The summed E-state index contributed by atoms with van der Waals surface area (Å²) in [5.74, 6) is 0.969. The second-order valence-corrected chi connectivity index (χ2v) is 9.51. The fraction of sp³-hybridized carbons (Fsp3) is 0.440. The summed E-state index contributed by atoms with van der Waals surface area (Å²) in [4.78, 5) is 46.6. The van der Waals surface area contributed by atoms with Crippen LogP contribution in [0.15, 0.2) is 51.6 Å². The fourth-order valence-electron chi connectivity index (χ4n) is 5.06. The van der Waals surface area contributed by atoms with Gasteiger partial charge in [0.2, 0.25) is 5.95 Å². The quantitative estimate of drug-likeness (QED) is 0.441. The summed E-state index contributed by atoms with van der Waals surface area (Å²) in [5, 5.41) is 3.55. The van der Waals surface area contributed by atoms with Gasteiger partial charge in [-0.15, -0.1) is 0 Å². The standard InChI is InChI=1S/C25H30N6O3/c1-16(2)10-12-30-21-22(27-24(30)29-13-18-9-11-26-19(18)14-29)28(3)25(34)31(23(21)33)15-20(32)17-7-5-4-6-8-17/h4-8,10,18-19,26H,9,11-15H2,1-3H3/t18-,19+/m0/s1. The minimum absolute atomic E-state index is 0.284. The lowest BCUT2D eigenvalue weighted by Gasteiger charge is -2.19. The van der Waals surface area contributed by atoms with Crippen LogP contribution in [0.4, 0.5) is 5.95 Å². The molecule has 2 aliphatic heterocycles. The van der Waals surface area contributed by atoms with Gasteiger partial charge in [0.25, 0.3) is 5.56 Å². The predicted octanol–water partition coefficient (Wildman–Crippen LogP) is 1.54. The van der Waals surface area contributed by atoms with Gasteiger partial charge in [-0.3, -0.25) is 18.7 Å². The smallest absolute Gasteiger partial charge is 0.332 e. The Bertz CT molecular complexity index is 1380. The summed E-state index contributed by atoms with van der Waals surface area (Å²) < 4.78 is 4.31. The summed E-state index contributed by atoms with van der Waals surface area (Å²) in [6.45, 7) is 6.89. The summed E-state index contributed by atoms with van der Waals surface area (Å²) in [5.41, 5.74) is 1.26. The molecule has 1 aromatic carbocycles. The zero-order valence-electron chi connectivity index (χ0n) is 19.8. The van der Waals surface area contributed by atoms with Crippen molar-refractivity contribution < 1.29 is 4.79 Å². The van der Waals surface area contributed by atoms with E-state index in [2.05, 4.69) is 10.2 Å². The largest absolute Gasteiger partial charge is 0.340 e. The number of benzene rings is 1. The van der Waals surface area contributed by atoms with E-state index in [0.29, 0.717) is 41.2 Å². The average Bonchev–Trinajstić information content (AvgIpc) is 3.52. The van der Waals surface area contributed by atoms with Gasteiger partial charge >= 0.3 is 5.69 Å². The minimum atomic E-state index is -0.542. The number of imidazole rings is 1. The van der Waals surface area contributed by atoms with Gasteiger partial charge in [-0.2, -0.15) is 4.98 Å². The number of nitrogens with zero attached hydrogens (tertiary/aromatic N) is 5. The van der Waals surface area contributed by atoms with Crippen LogP contribution in [0, 0.1) is 5.92 Å². The number of carbonyl (C=O) groups is 1. The number of fused-ring (bicyclic) bond motifs is 2. The summed E-state index contributed by atoms with van der Waals surface area (Å²) in [6.07, 6.45) is 3.17. The van der Waals surface area contributed by atoms with E-state index in [1.807, 2.05) is 30.6 Å². The first-order valence-corrected chi connectivity index (χ1v) is 11.7. The molecule has 0 saturated carbocycles. The lowest BCUT2D eigenvalue weighted by Crippen LogP contribution is -2.41. The maximum Gasteiger partial charge on any atom is 0.332 e. The first-order valence-electron chi connectivity index (χ1n) is 11.7. The number of Topliss-reactive ketones (excluding diaryl/α,β-unsaturated/α-hetero) is 1. The number of carbonyl (C=O) groups excluding carboxylic acids is 1. The van der Waals surface area contributed by atoms with Crippen molar-refractivity contribution in [2.45, 2.75) is 39.4 Å². The molecular formula is C25H30N6O3. The number of allylic oxidation sites excluding steroid dienone is 2. The van der Waals surface area contributed by atoms with Gasteiger partial charge in [0.1, 0.15) is 0 Å². The topological polar surface area (TPSA) is 94.2 Å². The lowest BCUT2D eigenvalue weighted by molar-refractivity contribution is 0.0969. The number of nitrogens with one attached hydrogen (secondary N) is 1. The second kappa shape index (κ2) is 8.72. The van der Waals surface area contributed by atoms with Gasteiger partial charge in [-0.25, -0.2) is 4.79 Å². The maximum absolute atomic E-state index is 13.6. The maximum atomic E-state index is 13.6. The SMILES string of the molecule is CC(C)=CCn1c(N2C[C@@H]3CCN[C@@H]3C2)nc2c1c(=O)n(CC(=O)c1ccccc1)c(=O)n2C. The van der Waals surface area contributed by atoms with E-state index in [0.717, 1.165) is 36.2 Å². The van der Waals surface area contributed by atoms with Crippen LogP contribution in [-0.4, -0.2) is 50.1 Å². The molecule has 2 atom stereocenters. The Balaban J connectivity index is 1.64. The number of anilines is 1. The number of hydrogen-bond acceptors (Lipinski definition) is 6. The van der Waals surface area contributed by atoms with Crippen LogP contribution in [0.2, 0.25) is 0 Å². The number of aryl methyl sites for hydroxylation is 1. The first kappa shape index (κ1) is 22.3. The van der Waals surface area contributed by atoms with Crippen molar-refractivity contribution in [2.24, 2.45) is 13.0 Å². The molecule has 0 aliphatic carbocycles. The minimum Gasteiger partial charge on any atom is -0.340 e. The van der Waals surface area contributed by atoms with E-state index in [-0.39, 0.29) is 12.3 Å². The molecule has 2 aromatic heterocycles. The van der Waals surface area contributed by atoms with E-state index < -0.39 is 11.2 Å². The third-order valence-corrected chi connectivity index (χ3v) is 6.94. The number of hydrogen-bond donors (Lipinski definition) is 1. The van der Waals surface area contributed by atoms with Gasteiger partial charge in [-0.05, 0) is 32.7 Å². The molecule has 34 heavy (non-hydrogen) atoms. The van der Waals surface area contributed by atoms with Gasteiger partial charge < -0.3 is 14.8 Å². The van der Waals surface area contributed by atoms with Crippen LogP contribution in [-0.2, 0) is 20.1 Å². The zero-order chi connectivity index (χ0) is 24.0. The lowest BCUT2D eigenvalue weighted by atomic mass is 10.1. The molecule has 178 valence electrons. The van der Waals surface area contributed by atoms with Crippen molar-refractivity contribution in [3.8, 4) is 0 Å². The van der Waals surface area contributed by atoms with Crippen LogP contribution in [0.3, 0.4) is 0 Å². The number of rotatable bonds is 6. The van der Waals surface area contributed by atoms with Gasteiger partial charge in [0, 0.05) is 38.3 Å². The van der Waals surface area contributed by atoms with Gasteiger partial charge in [-0.1, -0.05) is 42.0 Å². The average molecular weight is 463 g/mol. The molecule has 2 fully saturated rings. The molecule has 3 aromatic rings. The molecule has 0 bridgehead atoms. The van der Waals surface area contributed by atoms with E-state index in [1.165, 1.54) is 4.57 Å². The molecule has 0 radical (unpaired) electrons. The Morgan fingerprint density at radius 3 is 2.62 bits per heavy atom. The highest BCUT2D eigenvalue weighted by Gasteiger charge is 2.38. The Morgan fingerprint density at radius 2 is 1.91 bits per heavy atom. The summed E-state index contributed by atoms with van der Waals surface area (Å²) >= 11 is 0. The van der Waals surface area contributed by atoms with Crippen LogP contribution < -0.4 is 21.5 Å². The van der Waals surface area contributed by atoms with Crippen LogP contribution in [0.25, 0.3) is 11.2 Å². The van der Waals surface area contributed by atoms with Crippen LogP contribution in [0.5, 0.6) is 0 Å². The molecular weight excluding hydrogens is 432 g/mol. The monoisotopic (exact) mass is 462 g/mol. The Labute approximate surface area is 197 Å². The molecule has 5 rings (SSSR count). The van der Waals surface area contributed by atoms with Crippen LogP contribution in [0.1, 0.15) is 30.6 Å². The number of aromatic nitrogens is 4. The van der Waals surface area contributed by atoms with Gasteiger partial charge in [0.15, 0.2) is 16.9 Å². The second-order valence-electron chi connectivity index (χ2n) is 9.51. The Hall–Kier alpha value is -3.46. The van der Waals surface area contributed by atoms with Crippen molar-refractivity contribution in [1.82, 2.24) is 24.0 Å². The van der Waals surface area contributed by atoms with E-state index >= 15 is 0 Å². The molecule has 9 nitrogen and oxygen atoms in total. The molecule has 0 unspecified atom stereocenters. The molecule has 0 spiro atoms. The Kier molecular flexibility index (Phi) is 5.73. The number of ketones is 1. The van der Waals surface area contributed by atoms with Crippen molar-refractivity contribution in [3.63, 3.8) is 0 Å². The van der Waals surface area contributed by atoms with E-state index in [4.69, 9.17) is 4.98 Å². The highest BCUT2D eigenvalue weighted by atomic mass is 16.2. The van der Waals surface area contributed by atoms with Crippen LogP contribution >= 0.6 is 0 Å². The molecule has 4 heterocycles. The molecule has 2 aliphatic rings. The highest BCUT2D eigenvalue weighted by molar-refractivity contribution is 5.95. The van der Waals surface area contributed by atoms with Crippen molar-refractivity contribution >= 4 is 22.9 Å². The van der Waals surface area contributed by atoms with E-state index in [9.17, 15) is 14.4 Å². The third-order valence-electron chi connectivity index (χ3n) is 6.94. The predicted molar refractivity (Wildman–Crippen MR) is 132 cm³/mol. The molecule has 0 amide bonds. The van der Waals surface area contributed by atoms with Crippen molar-refractivity contribution in [1.29, 1.82) is 0 Å².